The number of aryl methyl sites for hydroxylation is 2. The first kappa shape index (κ1) is 50.5. The molecular formula is C37H31ClF10N8O7. The van der Waals surface area contributed by atoms with E-state index < -0.39 is 42.3 Å². The topological polar surface area (TPSA) is 240 Å². The quantitative estimate of drug-likeness (QED) is 0.0958. The second kappa shape index (κ2) is 21.8. The standard InChI is InChI=1S/C31H28ClFN8O.3C2HF3O2/c32-25-17-37-31-39-22-10-19(15-35-16-22)4-5-20-13-21(38-30(25)41-31)6-7-27(20)40-29(42)12-18-8-9-36-28(11-18)23-2-1-3-26(33)24(23)14-34;3*3-2(4,5)1(6)7/h1-3,6-7,10,13,15-18,28,36H,4-5,8-9,11-12H2,(H,40,42)(H2,37,38,39,41);3*(H,6,7). The van der Waals surface area contributed by atoms with E-state index in [1.807, 2.05) is 36.5 Å². The number of aromatic nitrogens is 3. The number of anilines is 5. The van der Waals surface area contributed by atoms with Gasteiger partial charge in [-0.3, -0.25) is 9.78 Å². The number of carbonyl (C=O) groups is 4. The van der Waals surface area contributed by atoms with E-state index in [0.29, 0.717) is 54.6 Å². The molecule has 2 aliphatic heterocycles. The summed E-state index contributed by atoms with van der Waals surface area (Å²) in [6, 6.07) is 14.3. The highest BCUT2D eigenvalue weighted by atomic mass is 35.5. The fraction of sp³-hybridized carbons (Fsp3) is 0.297. The molecule has 2 aromatic carbocycles. The molecule has 1 amide bonds. The first-order chi connectivity index (χ1) is 29.3. The Morgan fingerprint density at radius 1 is 0.841 bits per heavy atom. The minimum absolute atomic E-state index is 0.0600. The van der Waals surface area contributed by atoms with Crippen molar-refractivity contribution < 1.29 is 78.4 Å². The van der Waals surface area contributed by atoms with E-state index in [2.05, 4.69) is 36.2 Å². The summed E-state index contributed by atoms with van der Waals surface area (Å²) in [4.78, 5) is 53.1. The lowest BCUT2D eigenvalue weighted by Crippen LogP contribution is -2.34. The largest absolute Gasteiger partial charge is 0.490 e. The van der Waals surface area contributed by atoms with Crippen LogP contribution in [0.15, 0.2) is 61.1 Å². The van der Waals surface area contributed by atoms with Crippen LogP contribution in [0.4, 0.5) is 72.7 Å². The van der Waals surface area contributed by atoms with Crippen LogP contribution in [0.1, 0.15) is 47.6 Å². The van der Waals surface area contributed by atoms with Crippen LogP contribution < -0.4 is 21.3 Å². The Morgan fingerprint density at radius 2 is 1.46 bits per heavy atom. The van der Waals surface area contributed by atoms with Gasteiger partial charge >= 0.3 is 36.4 Å². The molecule has 4 heterocycles. The molecule has 1 saturated heterocycles. The first-order valence-electron chi connectivity index (χ1n) is 17.5. The number of carboxylic acid groups (broad SMARTS) is 3. The van der Waals surface area contributed by atoms with Gasteiger partial charge in [0.2, 0.25) is 11.9 Å². The predicted molar refractivity (Wildman–Crippen MR) is 201 cm³/mol. The Hall–Kier alpha value is -6.81. The fourth-order valence-corrected chi connectivity index (χ4v) is 5.72. The number of carbonyl (C=O) groups excluding carboxylic acids is 1. The van der Waals surface area contributed by atoms with Gasteiger partial charge in [0.15, 0.2) is 5.82 Å². The van der Waals surface area contributed by atoms with Gasteiger partial charge in [0.1, 0.15) is 16.9 Å². The van der Waals surface area contributed by atoms with Crippen LogP contribution in [-0.2, 0) is 32.0 Å². The van der Waals surface area contributed by atoms with Gasteiger partial charge in [-0.05, 0) is 85.2 Å². The first-order valence-corrected chi connectivity index (χ1v) is 17.9. The molecule has 6 bridgehead atoms. The Balaban J connectivity index is 0.000000416. The molecule has 1 fully saturated rings. The van der Waals surface area contributed by atoms with Crippen LogP contribution >= 0.6 is 11.6 Å². The number of pyridine rings is 1. The Kier molecular flexibility index (Phi) is 17.5. The Bertz CT molecular complexity index is 2270. The van der Waals surface area contributed by atoms with Crippen molar-refractivity contribution >= 4 is 64.2 Å². The summed E-state index contributed by atoms with van der Waals surface area (Å²) in [6.07, 6.45) is -7.03. The number of hydrogen-bond acceptors (Lipinski definition) is 11. The van der Waals surface area contributed by atoms with Crippen LogP contribution in [-0.4, -0.2) is 79.2 Å². The van der Waals surface area contributed by atoms with E-state index >= 15 is 0 Å². The summed E-state index contributed by atoms with van der Waals surface area (Å²) in [7, 11) is 0. The lowest BCUT2D eigenvalue weighted by molar-refractivity contribution is -0.193. The van der Waals surface area contributed by atoms with Gasteiger partial charge in [-0.15, -0.1) is 0 Å². The number of nitriles is 1. The monoisotopic (exact) mass is 924 g/mol. The van der Waals surface area contributed by atoms with Crippen molar-refractivity contribution in [3.05, 3.63) is 94.1 Å². The van der Waals surface area contributed by atoms with Gasteiger partial charge in [-0.25, -0.2) is 23.8 Å². The van der Waals surface area contributed by atoms with E-state index in [1.165, 1.54) is 12.3 Å². The van der Waals surface area contributed by atoms with Gasteiger partial charge in [0, 0.05) is 30.0 Å². The van der Waals surface area contributed by atoms with Gasteiger partial charge in [-0.1, -0.05) is 23.7 Å². The number of benzene rings is 2. The molecule has 63 heavy (non-hydrogen) atoms. The van der Waals surface area contributed by atoms with Crippen molar-refractivity contribution in [1.82, 2.24) is 20.3 Å². The van der Waals surface area contributed by atoms with Crippen LogP contribution in [0.5, 0.6) is 0 Å². The molecule has 7 N–H and O–H groups in total. The predicted octanol–water partition coefficient (Wildman–Crippen LogP) is 8.09. The molecule has 0 saturated carbocycles. The van der Waals surface area contributed by atoms with Crippen LogP contribution in [0, 0.1) is 23.1 Å². The summed E-state index contributed by atoms with van der Waals surface area (Å²) in [5.41, 5.74) is 4.96. The van der Waals surface area contributed by atoms with Crippen molar-refractivity contribution in [2.24, 2.45) is 5.92 Å². The average molecular weight is 925 g/mol. The number of nitrogens with one attached hydrogen (secondary N) is 4. The van der Waals surface area contributed by atoms with Crippen LogP contribution in [0.25, 0.3) is 0 Å². The summed E-state index contributed by atoms with van der Waals surface area (Å²) in [5, 5.41) is 44.2. The third-order valence-corrected chi connectivity index (χ3v) is 8.64. The number of rotatable bonds is 4. The molecule has 26 heteroatoms. The summed E-state index contributed by atoms with van der Waals surface area (Å²) in [5.74, 6) is -7.94. The zero-order valence-electron chi connectivity index (χ0n) is 31.6. The molecule has 0 aliphatic carbocycles. The zero-order chi connectivity index (χ0) is 47.3. The minimum atomic E-state index is -5.08. The lowest BCUT2D eigenvalue weighted by atomic mass is 9.85. The zero-order valence-corrected chi connectivity index (χ0v) is 32.3. The minimum Gasteiger partial charge on any atom is -0.475 e. The van der Waals surface area contributed by atoms with Crippen molar-refractivity contribution in [3.8, 4) is 6.07 Å². The number of hydrogen-bond donors (Lipinski definition) is 7. The van der Waals surface area contributed by atoms with E-state index in [1.54, 1.807) is 18.3 Å². The summed E-state index contributed by atoms with van der Waals surface area (Å²) >= 11 is 6.38. The van der Waals surface area contributed by atoms with Gasteiger partial charge in [-0.2, -0.15) is 49.8 Å². The van der Waals surface area contributed by atoms with Gasteiger partial charge in [0.25, 0.3) is 0 Å². The number of alkyl halides is 9. The van der Waals surface area contributed by atoms with Gasteiger partial charge in [0.05, 0.1) is 23.6 Å². The van der Waals surface area contributed by atoms with Gasteiger partial charge < -0.3 is 36.6 Å². The van der Waals surface area contributed by atoms with E-state index in [0.717, 1.165) is 34.6 Å². The molecule has 338 valence electrons. The van der Waals surface area contributed by atoms with Crippen LogP contribution in [0.2, 0.25) is 5.02 Å². The number of nitrogens with zero attached hydrogens (tertiary/aromatic N) is 4. The number of carboxylic acids is 3. The molecule has 15 nitrogen and oxygen atoms in total. The highest BCUT2D eigenvalue weighted by molar-refractivity contribution is 6.32. The maximum Gasteiger partial charge on any atom is 0.490 e. The smallest absolute Gasteiger partial charge is 0.475 e. The Morgan fingerprint density at radius 3 is 2.05 bits per heavy atom. The molecule has 6 rings (SSSR count). The van der Waals surface area contributed by atoms with Crippen molar-refractivity contribution in [1.29, 1.82) is 5.26 Å². The second-order valence-corrected chi connectivity index (χ2v) is 13.4. The molecular weight excluding hydrogens is 894 g/mol. The molecule has 2 aromatic heterocycles. The normalized spacial score (nSPS) is 15.6. The molecule has 2 atom stereocenters. The maximum absolute atomic E-state index is 14.2. The number of halogens is 11. The maximum atomic E-state index is 14.2. The highest BCUT2D eigenvalue weighted by Gasteiger charge is 2.39. The third-order valence-electron chi connectivity index (χ3n) is 8.37. The number of piperidine rings is 1. The van der Waals surface area contributed by atoms with Crippen molar-refractivity contribution in [2.45, 2.75) is 56.7 Å². The second-order valence-electron chi connectivity index (χ2n) is 13.0. The average Bonchev–Trinajstić information content (AvgIpc) is 3.19. The molecule has 0 spiro atoms. The van der Waals surface area contributed by atoms with Crippen LogP contribution in [0.3, 0.4) is 0 Å². The third kappa shape index (κ3) is 16.2. The molecule has 4 aromatic rings. The fourth-order valence-electron chi connectivity index (χ4n) is 5.58. The number of amides is 1. The highest BCUT2D eigenvalue weighted by Crippen LogP contribution is 2.33. The number of fused-ring (bicyclic) bond motifs is 6. The van der Waals surface area contributed by atoms with E-state index in [4.69, 9.17) is 41.3 Å². The molecule has 0 radical (unpaired) electrons. The van der Waals surface area contributed by atoms with E-state index in [-0.39, 0.29) is 23.4 Å². The lowest BCUT2D eigenvalue weighted by Gasteiger charge is -2.31. The Labute approximate surface area is 353 Å². The van der Waals surface area contributed by atoms with Crippen molar-refractivity contribution in [3.63, 3.8) is 0 Å². The molecule has 2 aliphatic rings. The molecule has 2 unspecified atom stereocenters. The SMILES string of the molecule is N#Cc1c(F)cccc1C1CC(CC(=O)Nc2ccc3cc2CCc2cncc(c2)Nc2ncc(Cl)c(n2)N3)CCN1.O=C(O)C(F)(F)F.O=C(O)C(F)(F)F.O=C(O)C(F)(F)F. The van der Waals surface area contributed by atoms with Crippen molar-refractivity contribution in [2.75, 3.05) is 22.5 Å². The summed E-state index contributed by atoms with van der Waals surface area (Å²) < 4.78 is 109. The summed E-state index contributed by atoms with van der Waals surface area (Å²) in [6.45, 7) is 0.685. The van der Waals surface area contributed by atoms with E-state index in [9.17, 15) is 54.0 Å². The number of aliphatic carboxylic acids is 3.